The van der Waals surface area contributed by atoms with Crippen molar-refractivity contribution in [1.82, 2.24) is 0 Å². The Kier molecular flexibility index (Phi) is 4.06. The van der Waals surface area contributed by atoms with E-state index in [1.165, 1.54) is 0 Å². The molecular formula is C11H10ClNO2. The highest BCUT2D eigenvalue weighted by atomic mass is 35.5. The molecule has 0 bridgehead atoms. The number of carbonyl (C=O) groups excluding carboxylic acids is 1. The molecule has 0 radical (unpaired) electrons. The number of halogens is 1. The molecule has 0 saturated carbocycles. The minimum absolute atomic E-state index is 0.183. The summed E-state index contributed by atoms with van der Waals surface area (Å²) in [5.74, 6) is -0.0671. The van der Waals surface area contributed by atoms with E-state index in [-0.39, 0.29) is 5.70 Å². The molecule has 0 N–H and O–H groups in total. The number of nitrogens with zero attached hydrogens (tertiary/aromatic N) is 1. The summed E-state index contributed by atoms with van der Waals surface area (Å²) in [7, 11) is 0. The number of aliphatic imine (C=N–C) groups is 1. The van der Waals surface area contributed by atoms with Crippen LogP contribution in [0.2, 0.25) is 5.02 Å². The summed E-state index contributed by atoms with van der Waals surface area (Å²) in [5.41, 5.74) is 0.183. The minimum Gasteiger partial charge on any atom is -0.407 e. The lowest BCUT2D eigenvalue weighted by Crippen LogP contribution is -1.98. The third kappa shape index (κ3) is 3.95. The zero-order valence-electron chi connectivity index (χ0n) is 8.24. The number of rotatable bonds is 0. The van der Waals surface area contributed by atoms with Crippen molar-refractivity contribution in [3.05, 3.63) is 47.6 Å². The summed E-state index contributed by atoms with van der Waals surface area (Å²) < 4.78 is 4.48. The molecule has 0 amide bonds. The predicted octanol–water partition coefficient (Wildman–Crippen LogP) is 2.82. The third-order valence-electron chi connectivity index (χ3n) is 1.50. The van der Waals surface area contributed by atoms with E-state index in [9.17, 15) is 4.79 Å². The Labute approximate surface area is 93.0 Å². The fraction of sp³-hybridized carbons (Fsp3) is 0.0909. The largest absolute Gasteiger partial charge is 0.407 e. The van der Waals surface area contributed by atoms with Crippen LogP contribution in [0.25, 0.3) is 0 Å². The topological polar surface area (TPSA) is 38.7 Å². The number of cyclic esters (lactones) is 1. The maximum Gasteiger partial charge on any atom is 0.362 e. The van der Waals surface area contributed by atoms with Crippen LogP contribution < -0.4 is 0 Å². The molecule has 0 fully saturated rings. The number of esters is 1. The molecule has 1 aliphatic heterocycles. The highest BCUT2D eigenvalue weighted by Gasteiger charge is 2.16. The molecule has 3 nitrogen and oxygen atoms in total. The van der Waals surface area contributed by atoms with Gasteiger partial charge in [-0.25, -0.2) is 9.79 Å². The van der Waals surface area contributed by atoms with E-state index in [1.54, 1.807) is 6.92 Å². The van der Waals surface area contributed by atoms with E-state index in [2.05, 4.69) is 16.3 Å². The van der Waals surface area contributed by atoms with Gasteiger partial charge in [-0.15, -0.1) is 0 Å². The molecule has 1 aromatic carbocycles. The Balaban J connectivity index is 0.000000151. The molecule has 0 spiro atoms. The predicted molar refractivity (Wildman–Crippen MR) is 59.8 cm³/mol. The fourth-order valence-electron chi connectivity index (χ4n) is 0.866. The molecule has 1 aromatic rings. The van der Waals surface area contributed by atoms with Crippen molar-refractivity contribution in [3.63, 3.8) is 0 Å². The van der Waals surface area contributed by atoms with E-state index in [0.717, 1.165) is 5.02 Å². The molecule has 0 saturated heterocycles. The molecular weight excluding hydrogens is 214 g/mol. The van der Waals surface area contributed by atoms with E-state index >= 15 is 0 Å². The van der Waals surface area contributed by atoms with Crippen molar-refractivity contribution in [2.24, 2.45) is 4.99 Å². The SMILES string of the molecule is C=C1N=C(C)OC1=O.Clc1ccccc1. The monoisotopic (exact) mass is 223 g/mol. The number of benzene rings is 1. The smallest absolute Gasteiger partial charge is 0.362 e. The summed E-state index contributed by atoms with van der Waals surface area (Å²) in [6, 6.07) is 9.44. The molecule has 2 rings (SSSR count). The van der Waals surface area contributed by atoms with Gasteiger partial charge >= 0.3 is 5.97 Å². The number of ether oxygens (including phenoxy) is 1. The Morgan fingerprint density at radius 3 is 2.13 bits per heavy atom. The lowest BCUT2D eigenvalue weighted by atomic mass is 10.4. The second kappa shape index (κ2) is 5.32. The third-order valence-corrected chi connectivity index (χ3v) is 1.75. The van der Waals surface area contributed by atoms with E-state index in [1.807, 2.05) is 30.3 Å². The number of carbonyl (C=O) groups is 1. The first-order chi connectivity index (χ1) is 7.09. The summed E-state index contributed by atoms with van der Waals surface area (Å²) in [5, 5.41) is 0.794. The molecule has 78 valence electrons. The Morgan fingerprint density at radius 2 is 1.93 bits per heavy atom. The first-order valence-electron chi connectivity index (χ1n) is 4.26. The van der Waals surface area contributed by atoms with E-state index < -0.39 is 5.97 Å². The van der Waals surface area contributed by atoms with Crippen LogP contribution in [0.3, 0.4) is 0 Å². The van der Waals surface area contributed by atoms with Crippen molar-refractivity contribution in [1.29, 1.82) is 0 Å². The minimum atomic E-state index is -0.442. The van der Waals surface area contributed by atoms with Crippen LogP contribution in [-0.4, -0.2) is 11.9 Å². The maximum absolute atomic E-state index is 10.3. The van der Waals surface area contributed by atoms with Crippen molar-refractivity contribution < 1.29 is 9.53 Å². The zero-order chi connectivity index (χ0) is 11.3. The average molecular weight is 224 g/mol. The second-order valence-electron chi connectivity index (χ2n) is 2.76. The molecule has 0 aliphatic carbocycles. The van der Waals surface area contributed by atoms with Gasteiger partial charge in [0.1, 0.15) is 5.70 Å². The van der Waals surface area contributed by atoms with Gasteiger partial charge in [-0.1, -0.05) is 36.4 Å². The molecule has 0 unspecified atom stereocenters. The van der Waals surface area contributed by atoms with Crippen molar-refractivity contribution in [2.45, 2.75) is 6.92 Å². The van der Waals surface area contributed by atoms with Gasteiger partial charge in [0, 0.05) is 11.9 Å². The Morgan fingerprint density at radius 1 is 1.33 bits per heavy atom. The average Bonchev–Trinajstić information content (AvgIpc) is 2.46. The Hall–Kier alpha value is -1.61. The van der Waals surface area contributed by atoms with Gasteiger partial charge < -0.3 is 4.74 Å². The van der Waals surface area contributed by atoms with Gasteiger partial charge in [-0.05, 0) is 12.1 Å². The van der Waals surface area contributed by atoms with Gasteiger partial charge in [0.15, 0.2) is 5.90 Å². The molecule has 15 heavy (non-hydrogen) atoms. The highest BCUT2D eigenvalue weighted by molar-refractivity contribution is 6.30. The van der Waals surface area contributed by atoms with Crippen molar-refractivity contribution in [3.8, 4) is 0 Å². The summed E-state index contributed by atoms with van der Waals surface area (Å²) in [4.78, 5) is 14.0. The molecule has 1 heterocycles. The molecule has 0 aromatic heterocycles. The summed E-state index contributed by atoms with van der Waals surface area (Å²) in [6.07, 6.45) is 0. The van der Waals surface area contributed by atoms with Gasteiger partial charge in [0.25, 0.3) is 0 Å². The van der Waals surface area contributed by atoms with Crippen LogP contribution in [-0.2, 0) is 9.53 Å². The van der Waals surface area contributed by atoms with Crippen LogP contribution in [0.4, 0.5) is 0 Å². The second-order valence-corrected chi connectivity index (χ2v) is 3.20. The standard InChI is InChI=1S/C6H5Cl.C5H5NO2/c7-6-4-2-1-3-5-6;1-3-5(7)8-4(2)6-3/h1-5H;1H2,2H3. The zero-order valence-corrected chi connectivity index (χ0v) is 8.99. The lowest BCUT2D eigenvalue weighted by Gasteiger charge is -1.84. The van der Waals surface area contributed by atoms with Crippen LogP contribution in [0.15, 0.2) is 47.6 Å². The summed E-state index contributed by atoms with van der Waals surface area (Å²) in [6.45, 7) is 4.93. The Bertz CT molecular complexity index is 398. The normalized spacial score (nSPS) is 13.9. The molecule has 4 heteroatoms. The number of hydrogen-bond donors (Lipinski definition) is 0. The maximum atomic E-state index is 10.3. The molecule has 0 atom stereocenters. The van der Waals surface area contributed by atoms with Crippen molar-refractivity contribution >= 4 is 23.5 Å². The lowest BCUT2D eigenvalue weighted by molar-refractivity contribution is -0.130. The van der Waals surface area contributed by atoms with Gasteiger partial charge in [0.2, 0.25) is 0 Å². The highest BCUT2D eigenvalue weighted by Crippen LogP contribution is 2.06. The quantitative estimate of drug-likeness (QED) is 0.501. The first kappa shape index (κ1) is 11.5. The van der Waals surface area contributed by atoms with Crippen LogP contribution in [0.1, 0.15) is 6.92 Å². The van der Waals surface area contributed by atoms with Gasteiger partial charge in [-0.2, -0.15) is 0 Å². The summed E-state index contributed by atoms with van der Waals surface area (Å²) >= 11 is 5.54. The van der Waals surface area contributed by atoms with E-state index in [4.69, 9.17) is 11.6 Å². The molecule has 1 aliphatic rings. The van der Waals surface area contributed by atoms with Crippen LogP contribution in [0.5, 0.6) is 0 Å². The van der Waals surface area contributed by atoms with Crippen LogP contribution in [0, 0.1) is 0 Å². The fourth-order valence-corrected chi connectivity index (χ4v) is 1.01. The first-order valence-corrected chi connectivity index (χ1v) is 4.64. The number of hydrogen-bond acceptors (Lipinski definition) is 3. The van der Waals surface area contributed by atoms with E-state index in [0.29, 0.717) is 5.90 Å². The van der Waals surface area contributed by atoms with Crippen LogP contribution >= 0.6 is 11.6 Å². The van der Waals surface area contributed by atoms with Gasteiger partial charge in [0.05, 0.1) is 0 Å². The van der Waals surface area contributed by atoms with Crippen molar-refractivity contribution in [2.75, 3.05) is 0 Å². The van der Waals surface area contributed by atoms with Gasteiger partial charge in [-0.3, -0.25) is 0 Å².